The first-order valence-electron chi connectivity index (χ1n) is 6.18. The SMILES string of the molecule is CNCCNCCc1cc(C)cc(C)c1OC. The predicted molar refractivity (Wildman–Crippen MR) is 73.0 cm³/mol. The van der Waals surface area contributed by atoms with E-state index in [9.17, 15) is 0 Å². The van der Waals surface area contributed by atoms with Gasteiger partial charge < -0.3 is 15.4 Å². The van der Waals surface area contributed by atoms with Gasteiger partial charge in [-0.25, -0.2) is 0 Å². The molecule has 0 aromatic heterocycles. The van der Waals surface area contributed by atoms with Crippen molar-refractivity contribution in [2.45, 2.75) is 20.3 Å². The first-order valence-corrected chi connectivity index (χ1v) is 6.18. The molecule has 0 saturated carbocycles. The summed E-state index contributed by atoms with van der Waals surface area (Å²) in [6.45, 7) is 7.22. The lowest BCUT2D eigenvalue weighted by Crippen LogP contribution is -2.26. The topological polar surface area (TPSA) is 33.3 Å². The van der Waals surface area contributed by atoms with Crippen molar-refractivity contribution in [2.24, 2.45) is 0 Å². The van der Waals surface area contributed by atoms with Crippen LogP contribution in [0.1, 0.15) is 16.7 Å². The van der Waals surface area contributed by atoms with Gasteiger partial charge in [0.2, 0.25) is 0 Å². The summed E-state index contributed by atoms with van der Waals surface area (Å²) in [4.78, 5) is 0. The summed E-state index contributed by atoms with van der Waals surface area (Å²) in [7, 11) is 3.71. The lowest BCUT2D eigenvalue weighted by Gasteiger charge is -2.13. The minimum absolute atomic E-state index is 0.987. The molecule has 3 nitrogen and oxygen atoms in total. The molecule has 0 saturated heterocycles. The number of hydrogen-bond acceptors (Lipinski definition) is 3. The maximum Gasteiger partial charge on any atom is 0.125 e. The molecule has 0 atom stereocenters. The van der Waals surface area contributed by atoms with E-state index >= 15 is 0 Å². The van der Waals surface area contributed by atoms with Crippen LogP contribution in [0.2, 0.25) is 0 Å². The minimum atomic E-state index is 0.987. The highest BCUT2D eigenvalue weighted by atomic mass is 16.5. The van der Waals surface area contributed by atoms with E-state index in [1.54, 1.807) is 7.11 Å². The molecule has 0 aliphatic heterocycles. The number of aryl methyl sites for hydroxylation is 2. The molecule has 2 N–H and O–H groups in total. The first kappa shape index (κ1) is 14.0. The van der Waals surface area contributed by atoms with Gasteiger partial charge in [-0.2, -0.15) is 0 Å². The Hall–Kier alpha value is -1.06. The van der Waals surface area contributed by atoms with Gasteiger partial charge in [0.05, 0.1) is 7.11 Å². The van der Waals surface area contributed by atoms with Crippen molar-refractivity contribution in [1.29, 1.82) is 0 Å². The number of hydrogen-bond donors (Lipinski definition) is 2. The highest BCUT2D eigenvalue weighted by molar-refractivity contribution is 5.43. The van der Waals surface area contributed by atoms with Crippen LogP contribution in [0.4, 0.5) is 0 Å². The molecule has 1 rings (SSSR count). The van der Waals surface area contributed by atoms with E-state index in [1.165, 1.54) is 16.7 Å². The summed E-state index contributed by atoms with van der Waals surface area (Å²) in [5.41, 5.74) is 3.81. The number of ether oxygens (including phenoxy) is 1. The highest BCUT2D eigenvalue weighted by Crippen LogP contribution is 2.25. The molecule has 0 heterocycles. The molecule has 0 fully saturated rings. The fourth-order valence-electron chi connectivity index (χ4n) is 2.08. The molecule has 0 bridgehead atoms. The number of benzene rings is 1. The zero-order valence-corrected chi connectivity index (χ0v) is 11.4. The Morgan fingerprint density at radius 3 is 2.53 bits per heavy atom. The van der Waals surface area contributed by atoms with Gasteiger partial charge in [-0.3, -0.25) is 0 Å². The first-order chi connectivity index (χ1) is 8.19. The van der Waals surface area contributed by atoms with Crippen molar-refractivity contribution in [1.82, 2.24) is 10.6 Å². The van der Waals surface area contributed by atoms with Crippen LogP contribution >= 0.6 is 0 Å². The summed E-state index contributed by atoms with van der Waals surface area (Å²) in [6.07, 6.45) is 1.01. The van der Waals surface area contributed by atoms with E-state index in [0.29, 0.717) is 0 Å². The van der Waals surface area contributed by atoms with Gasteiger partial charge in [-0.15, -0.1) is 0 Å². The van der Waals surface area contributed by atoms with Crippen molar-refractivity contribution in [3.05, 3.63) is 28.8 Å². The van der Waals surface area contributed by atoms with E-state index in [0.717, 1.165) is 31.8 Å². The van der Waals surface area contributed by atoms with Crippen LogP contribution in [0.3, 0.4) is 0 Å². The van der Waals surface area contributed by atoms with E-state index in [1.807, 2.05) is 7.05 Å². The van der Waals surface area contributed by atoms with E-state index in [2.05, 4.69) is 36.6 Å². The third kappa shape index (κ3) is 4.36. The van der Waals surface area contributed by atoms with Gasteiger partial charge in [0.1, 0.15) is 5.75 Å². The summed E-state index contributed by atoms with van der Waals surface area (Å²) >= 11 is 0. The molecule has 0 radical (unpaired) electrons. The van der Waals surface area contributed by atoms with Crippen LogP contribution in [0.5, 0.6) is 5.75 Å². The Kier molecular flexibility index (Phi) is 6.01. The summed E-state index contributed by atoms with van der Waals surface area (Å²) < 4.78 is 5.47. The van der Waals surface area contributed by atoms with Crippen LogP contribution < -0.4 is 15.4 Å². The van der Waals surface area contributed by atoms with Gasteiger partial charge in [0, 0.05) is 13.1 Å². The molecule has 0 amide bonds. The monoisotopic (exact) mass is 236 g/mol. The van der Waals surface area contributed by atoms with Crippen molar-refractivity contribution in [3.8, 4) is 5.75 Å². The standard InChI is InChI=1S/C14H24N2O/c1-11-9-12(2)14(17-4)13(10-11)5-6-16-8-7-15-3/h9-10,15-16H,5-8H2,1-4H3. The van der Waals surface area contributed by atoms with Gasteiger partial charge >= 0.3 is 0 Å². The van der Waals surface area contributed by atoms with Crippen LogP contribution in [-0.2, 0) is 6.42 Å². The summed E-state index contributed by atoms with van der Waals surface area (Å²) in [6, 6.07) is 4.38. The number of rotatable bonds is 7. The average molecular weight is 236 g/mol. The molecule has 0 aliphatic rings. The molecule has 0 aliphatic carbocycles. The maximum absolute atomic E-state index is 5.47. The maximum atomic E-state index is 5.47. The molecule has 0 unspecified atom stereocenters. The molecule has 1 aromatic rings. The van der Waals surface area contributed by atoms with Crippen molar-refractivity contribution in [2.75, 3.05) is 33.8 Å². The zero-order valence-electron chi connectivity index (χ0n) is 11.4. The van der Waals surface area contributed by atoms with E-state index in [4.69, 9.17) is 4.74 Å². The molecule has 1 aromatic carbocycles. The lowest BCUT2D eigenvalue weighted by molar-refractivity contribution is 0.406. The second kappa shape index (κ2) is 7.30. The summed E-state index contributed by atoms with van der Waals surface area (Å²) in [5.74, 6) is 1.03. The van der Waals surface area contributed by atoms with Gasteiger partial charge in [0.15, 0.2) is 0 Å². The third-order valence-electron chi connectivity index (χ3n) is 2.82. The van der Waals surface area contributed by atoms with Crippen LogP contribution in [0.25, 0.3) is 0 Å². The predicted octanol–water partition coefficient (Wildman–Crippen LogP) is 1.66. The fourth-order valence-corrected chi connectivity index (χ4v) is 2.08. The van der Waals surface area contributed by atoms with Crippen molar-refractivity contribution in [3.63, 3.8) is 0 Å². The second-order valence-corrected chi connectivity index (χ2v) is 4.38. The second-order valence-electron chi connectivity index (χ2n) is 4.38. The molecule has 3 heteroatoms. The minimum Gasteiger partial charge on any atom is -0.496 e. The highest BCUT2D eigenvalue weighted by Gasteiger charge is 2.06. The van der Waals surface area contributed by atoms with Crippen LogP contribution in [-0.4, -0.2) is 33.8 Å². The van der Waals surface area contributed by atoms with Gasteiger partial charge in [-0.05, 0) is 45.0 Å². The Morgan fingerprint density at radius 1 is 1.12 bits per heavy atom. The Labute approximate surface area is 105 Å². The van der Waals surface area contributed by atoms with Crippen molar-refractivity contribution >= 4 is 0 Å². The Bertz CT molecular complexity index is 350. The number of likely N-dealkylation sites (N-methyl/N-ethyl adjacent to an activating group) is 1. The molecular formula is C14H24N2O. The Morgan fingerprint density at radius 2 is 1.88 bits per heavy atom. The van der Waals surface area contributed by atoms with Gasteiger partial charge in [-0.1, -0.05) is 17.7 Å². The fraction of sp³-hybridized carbons (Fsp3) is 0.571. The number of methoxy groups -OCH3 is 1. The van der Waals surface area contributed by atoms with E-state index in [-0.39, 0.29) is 0 Å². The zero-order chi connectivity index (χ0) is 12.7. The van der Waals surface area contributed by atoms with Gasteiger partial charge in [0.25, 0.3) is 0 Å². The lowest BCUT2D eigenvalue weighted by atomic mass is 10.0. The van der Waals surface area contributed by atoms with Crippen LogP contribution in [0, 0.1) is 13.8 Å². The van der Waals surface area contributed by atoms with Crippen LogP contribution in [0.15, 0.2) is 12.1 Å². The normalized spacial score (nSPS) is 10.6. The van der Waals surface area contributed by atoms with E-state index < -0.39 is 0 Å². The number of nitrogens with one attached hydrogen (secondary N) is 2. The molecular weight excluding hydrogens is 212 g/mol. The quantitative estimate of drug-likeness (QED) is 0.707. The third-order valence-corrected chi connectivity index (χ3v) is 2.82. The Balaban J connectivity index is 2.57. The molecule has 96 valence electrons. The smallest absolute Gasteiger partial charge is 0.125 e. The molecule has 0 spiro atoms. The largest absolute Gasteiger partial charge is 0.496 e. The average Bonchev–Trinajstić information content (AvgIpc) is 2.28. The molecule has 17 heavy (non-hydrogen) atoms. The van der Waals surface area contributed by atoms with Crippen molar-refractivity contribution < 1.29 is 4.74 Å². The summed E-state index contributed by atoms with van der Waals surface area (Å²) in [5, 5.41) is 6.53.